The van der Waals surface area contributed by atoms with Gasteiger partial charge in [-0.3, -0.25) is 14.4 Å². The lowest BCUT2D eigenvalue weighted by molar-refractivity contribution is 0.0952. The minimum atomic E-state index is -0.613. The molecule has 190 valence electrons. The topological polar surface area (TPSA) is 130 Å². The van der Waals surface area contributed by atoms with Crippen molar-refractivity contribution in [3.8, 4) is 17.2 Å². The van der Waals surface area contributed by atoms with Gasteiger partial charge < -0.3 is 30.2 Å². The number of carbonyl (C=O) groups excluding carboxylic acids is 2. The fourth-order valence-electron chi connectivity index (χ4n) is 3.92. The van der Waals surface area contributed by atoms with Gasteiger partial charge in [-0.15, -0.1) is 0 Å². The monoisotopic (exact) mass is 501 g/mol. The summed E-state index contributed by atoms with van der Waals surface area (Å²) in [5.74, 6) is 0.159. The van der Waals surface area contributed by atoms with Gasteiger partial charge in [0, 0.05) is 29.2 Å². The molecule has 0 atom stereocenters. The number of ether oxygens (including phenoxy) is 2. The molecule has 1 heterocycles. The van der Waals surface area contributed by atoms with Crippen molar-refractivity contribution in [3.05, 3.63) is 93.3 Å². The van der Waals surface area contributed by atoms with Crippen molar-refractivity contribution >= 4 is 28.4 Å². The lowest BCUT2D eigenvalue weighted by Gasteiger charge is -2.12. The average molecular weight is 502 g/mol. The molecule has 1 aromatic heterocycles. The van der Waals surface area contributed by atoms with E-state index < -0.39 is 11.5 Å². The molecule has 0 aliphatic heterocycles. The molecule has 0 unspecified atom stereocenters. The van der Waals surface area contributed by atoms with Crippen molar-refractivity contribution in [3.63, 3.8) is 0 Å². The predicted octanol–water partition coefficient (Wildman–Crippen LogP) is 3.78. The number of hydrogen-bond donors (Lipinski definition) is 4. The van der Waals surface area contributed by atoms with Crippen molar-refractivity contribution in [2.75, 3.05) is 26.1 Å². The Balaban J connectivity index is 1.51. The molecule has 4 aromatic rings. The number of methoxy groups -OCH3 is 2. The van der Waals surface area contributed by atoms with Gasteiger partial charge in [-0.2, -0.15) is 0 Å². The molecule has 4 N–H and O–H groups in total. The Bertz CT molecular complexity index is 1540. The van der Waals surface area contributed by atoms with Crippen LogP contribution >= 0.6 is 0 Å². The number of aromatic amines is 1. The van der Waals surface area contributed by atoms with Crippen LogP contribution < -0.4 is 25.7 Å². The number of anilines is 1. The molecule has 9 heteroatoms. The second-order valence-electron chi connectivity index (χ2n) is 8.43. The highest BCUT2D eigenvalue weighted by atomic mass is 16.5. The molecule has 0 aliphatic carbocycles. The number of fused-ring (bicyclic) bond motifs is 1. The number of carbonyl (C=O) groups is 2. The fraction of sp³-hybridized carbons (Fsp3) is 0.179. The highest BCUT2D eigenvalue weighted by Gasteiger charge is 2.16. The first-order valence-corrected chi connectivity index (χ1v) is 11.6. The summed E-state index contributed by atoms with van der Waals surface area (Å²) in [4.78, 5) is 41.1. The lowest BCUT2D eigenvalue weighted by atomic mass is 10.1. The third-order valence-electron chi connectivity index (χ3n) is 6.01. The Labute approximate surface area is 213 Å². The number of phenolic OH excluding ortho intramolecular Hbond substituents is 1. The van der Waals surface area contributed by atoms with Gasteiger partial charge in [0.15, 0.2) is 11.5 Å². The number of aromatic hydroxyl groups is 1. The molecule has 0 spiro atoms. The number of aryl methyl sites for hydroxylation is 1. The first kappa shape index (κ1) is 25.3. The molecule has 0 fully saturated rings. The minimum Gasteiger partial charge on any atom is -0.508 e. The highest BCUT2D eigenvalue weighted by Crippen LogP contribution is 2.31. The molecule has 9 nitrogen and oxygen atoms in total. The van der Waals surface area contributed by atoms with E-state index in [9.17, 15) is 19.5 Å². The maximum atomic E-state index is 13.0. The molecule has 0 saturated carbocycles. The Morgan fingerprint density at radius 3 is 2.41 bits per heavy atom. The van der Waals surface area contributed by atoms with E-state index in [2.05, 4.69) is 15.6 Å². The number of benzene rings is 3. The number of aromatic nitrogens is 1. The summed E-state index contributed by atoms with van der Waals surface area (Å²) in [5.41, 5.74) is 2.06. The SMILES string of the molecule is COc1cc2cc(C(=O)Nc3cc(C(=O)NCCc4ccccc4O)ccc3C)c(=O)[nH]c2cc1OC. The van der Waals surface area contributed by atoms with Gasteiger partial charge in [-0.25, -0.2) is 0 Å². The van der Waals surface area contributed by atoms with E-state index in [4.69, 9.17) is 9.47 Å². The molecule has 3 aromatic carbocycles. The van der Waals surface area contributed by atoms with Gasteiger partial charge in [-0.05, 0) is 54.8 Å². The van der Waals surface area contributed by atoms with E-state index >= 15 is 0 Å². The summed E-state index contributed by atoms with van der Waals surface area (Å²) in [7, 11) is 2.99. The zero-order valence-corrected chi connectivity index (χ0v) is 20.7. The maximum absolute atomic E-state index is 13.0. The predicted molar refractivity (Wildman–Crippen MR) is 141 cm³/mol. The number of rotatable bonds is 8. The van der Waals surface area contributed by atoms with Gasteiger partial charge in [-0.1, -0.05) is 24.3 Å². The maximum Gasteiger partial charge on any atom is 0.261 e. The van der Waals surface area contributed by atoms with Crippen LogP contribution in [-0.2, 0) is 6.42 Å². The molecule has 37 heavy (non-hydrogen) atoms. The quantitative estimate of drug-likeness (QED) is 0.291. The van der Waals surface area contributed by atoms with Gasteiger partial charge in [0.05, 0.1) is 19.7 Å². The van der Waals surface area contributed by atoms with Crippen LogP contribution in [0.5, 0.6) is 17.2 Å². The highest BCUT2D eigenvalue weighted by molar-refractivity contribution is 6.07. The zero-order valence-electron chi connectivity index (χ0n) is 20.7. The van der Waals surface area contributed by atoms with Crippen LogP contribution in [0.25, 0.3) is 10.9 Å². The molecular formula is C28H27N3O6. The second kappa shape index (κ2) is 10.9. The van der Waals surface area contributed by atoms with Crippen molar-refractivity contribution in [1.82, 2.24) is 10.3 Å². The van der Waals surface area contributed by atoms with Gasteiger partial charge in [0.25, 0.3) is 17.4 Å². The van der Waals surface area contributed by atoms with Crippen molar-refractivity contribution in [2.24, 2.45) is 0 Å². The summed E-state index contributed by atoms with van der Waals surface area (Å²) < 4.78 is 10.6. The third kappa shape index (κ3) is 5.56. The largest absolute Gasteiger partial charge is 0.508 e. The van der Waals surface area contributed by atoms with Crippen LogP contribution in [0.4, 0.5) is 5.69 Å². The van der Waals surface area contributed by atoms with E-state index in [1.165, 1.54) is 20.3 Å². The van der Waals surface area contributed by atoms with Gasteiger partial charge in [0.2, 0.25) is 0 Å². The summed E-state index contributed by atoms with van der Waals surface area (Å²) in [6.45, 7) is 2.12. The molecule has 0 bridgehead atoms. The number of nitrogens with one attached hydrogen (secondary N) is 3. The number of amides is 2. The number of phenols is 1. The van der Waals surface area contributed by atoms with E-state index in [1.807, 2.05) is 6.07 Å². The van der Waals surface area contributed by atoms with Crippen LogP contribution in [-0.4, -0.2) is 42.7 Å². The average Bonchev–Trinajstić information content (AvgIpc) is 2.89. The summed E-state index contributed by atoms with van der Waals surface area (Å²) >= 11 is 0. The van der Waals surface area contributed by atoms with Crippen LogP contribution in [0.3, 0.4) is 0 Å². The third-order valence-corrected chi connectivity index (χ3v) is 6.01. The first-order valence-electron chi connectivity index (χ1n) is 11.6. The second-order valence-corrected chi connectivity index (χ2v) is 8.43. The van der Waals surface area contributed by atoms with E-state index in [1.54, 1.807) is 55.5 Å². The Hall–Kier alpha value is -4.79. The van der Waals surface area contributed by atoms with Crippen LogP contribution in [0.15, 0.2) is 65.5 Å². The number of H-pyrrole nitrogens is 1. The van der Waals surface area contributed by atoms with Crippen LogP contribution in [0, 0.1) is 6.92 Å². The number of hydrogen-bond acceptors (Lipinski definition) is 6. The zero-order chi connectivity index (χ0) is 26.5. The van der Waals surface area contributed by atoms with Crippen molar-refractivity contribution in [1.29, 1.82) is 0 Å². The van der Waals surface area contributed by atoms with Crippen molar-refractivity contribution < 1.29 is 24.2 Å². The van der Waals surface area contributed by atoms with Crippen LogP contribution in [0.1, 0.15) is 31.8 Å². The van der Waals surface area contributed by atoms with Crippen LogP contribution in [0.2, 0.25) is 0 Å². The molecular weight excluding hydrogens is 474 g/mol. The molecule has 0 saturated heterocycles. The fourth-order valence-corrected chi connectivity index (χ4v) is 3.92. The van der Waals surface area contributed by atoms with Crippen molar-refractivity contribution in [2.45, 2.75) is 13.3 Å². The molecule has 0 radical (unpaired) electrons. The van der Waals surface area contributed by atoms with E-state index in [-0.39, 0.29) is 17.2 Å². The number of pyridine rings is 1. The summed E-state index contributed by atoms with van der Waals surface area (Å²) in [5, 5.41) is 16.0. The molecule has 4 rings (SSSR count). The standard InChI is InChI=1S/C28H27N3O6/c1-16-8-9-18(26(33)29-11-10-17-6-4-5-7-23(17)32)13-21(16)30-27(34)20-12-19-14-24(36-2)25(37-3)15-22(19)31-28(20)35/h4-9,12-15,32H,10-11H2,1-3H3,(H,29,33)(H,30,34)(H,31,35). The van der Waals surface area contributed by atoms with Gasteiger partial charge >= 0.3 is 0 Å². The van der Waals surface area contributed by atoms with E-state index in [0.29, 0.717) is 46.6 Å². The lowest BCUT2D eigenvalue weighted by Crippen LogP contribution is -2.26. The molecule has 2 amide bonds. The number of para-hydroxylation sites is 1. The van der Waals surface area contributed by atoms with E-state index in [0.717, 1.165) is 11.1 Å². The normalized spacial score (nSPS) is 10.7. The Morgan fingerprint density at radius 1 is 0.946 bits per heavy atom. The first-order chi connectivity index (χ1) is 17.8. The van der Waals surface area contributed by atoms with Gasteiger partial charge in [0.1, 0.15) is 11.3 Å². The summed E-state index contributed by atoms with van der Waals surface area (Å²) in [6.07, 6.45) is 0.468. The Morgan fingerprint density at radius 2 is 1.68 bits per heavy atom. The minimum absolute atomic E-state index is 0.0864. The smallest absolute Gasteiger partial charge is 0.261 e. The molecule has 0 aliphatic rings. The Kier molecular flexibility index (Phi) is 7.43. The summed E-state index contributed by atoms with van der Waals surface area (Å²) in [6, 6.07) is 16.7.